The Bertz CT molecular complexity index is 354. The maximum atomic E-state index is 9.50. The van der Waals surface area contributed by atoms with E-state index in [2.05, 4.69) is 34.3 Å². The molecule has 1 unspecified atom stereocenters. The smallest absolute Gasteiger partial charge is 0.0574 e. The van der Waals surface area contributed by atoms with E-state index in [1.807, 2.05) is 13.2 Å². The number of anilines is 1. The summed E-state index contributed by atoms with van der Waals surface area (Å²) >= 11 is 0. The van der Waals surface area contributed by atoms with Crippen LogP contribution in [-0.2, 0) is 0 Å². The molecular formula is C14H23N3O. The summed E-state index contributed by atoms with van der Waals surface area (Å²) in [6.45, 7) is 4.00. The predicted octanol–water partition coefficient (Wildman–Crippen LogP) is 1.71. The van der Waals surface area contributed by atoms with Gasteiger partial charge in [0.05, 0.1) is 23.7 Å². The Morgan fingerprint density at radius 3 is 2.67 bits per heavy atom. The molecule has 1 saturated heterocycles. The van der Waals surface area contributed by atoms with E-state index in [4.69, 9.17) is 0 Å². The van der Waals surface area contributed by atoms with Crippen LogP contribution in [0.15, 0.2) is 18.3 Å². The number of hydrogen-bond acceptors (Lipinski definition) is 4. The number of aliphatic hydroxyl groups is 1. The topological polar surface area (TPSA) is 48.4 Å². The lowest BCUT2D eigenvalue weighted by Gasteiger charge is -2.31. The molecule has 0 aromatic carbocycles. The molecule has 1 aliphatic heterocycles. The molecule has 18 heavy (non-hydrogen) atoms. The maximum absolute atomic E-state index is 9.50. The molecule has 0 saturated carbocycles. The van der Waals surface area contributed by atoms with Crippen molar-refractivity contribution in [2.75, 3.05) is 25.0 Å². The van der Waals surface area contributed by atoms with Crippen molar-refractivity contribution in [3.8, 4) is 0 Å². The third-order valence-electron chi connectivity index (χ3n) is 3.71. The molecule has 1 atom stereocenters. The molecular weight excluding hydrogens is 226 g/mol. The van der Waals surface area contributed by atoms with Crippen molar-refractivity contribution >= 4 is 5.69 Å². The summed E-state index contributed by atoms with van der Waals surface area (Å²) in [5.74, 6) is 0. The second kappa shape index (κ2) is 6.16. The summed E-state index contributed by atoms with van der Waals surface area (Å²) in [6.07, 6.45) is 4.58. The van der Waals surface area contributed by atoms with Crippen molar-refractivity contribution < 1.29 is 5.11 Å². The van der Waals surface area contributed by atoms with Gasteiger partial charge >= 0.3 is 0 Å². The van der Waals surface area contributed by atoms with Crippen LogP contribution in [0.25, 0.3) is 0 Å². The largest absolute Gasteiger partial charge is 0.393 e. The Balaban J connectivity index is 2.03. The third-order valence-corrected chi connectivity index (χ3v) is 3.71. The predicted molar refractivity (Wildman–Crippen MR) is 73.8 cm³/mol. The standard InChI is InChI=1S/C14H23N3O/c1-3-13(15-2)14-5-4-11(10-16-14)17-8-6-12(18)7-9-17/h4-5,10,12-13,15,18H,3,6-9H2,1-2H3. The van der Waals surface area contributed by atoms with Crippen molar-refractivity contribution in [3.05, 3.63) is 24.0 Å². The number of rotatable bonds is 4. The fourth-order valence-corrected chi connectivity index (χ4v) is 2.48. The molecule has 1 aromatic heterocycles. The van der Waals surface area contributed by atoms with Gasteiger partial charge in [0.1, 0.15) is 0 Å². The molecule has 1 fully saturated rings. The van der Waals surface area contributed by atoms with E-state index < -0.39 is 0 Å². The minimum Gasteiger partial charge on any atom is -0.393 e. The fourth-order valence-electron chi connectivity index (χ4n) is 2.48. The van der Waals surface area contributed by atoms with E-state index in [-0.39, 0.29) is 6.10 Å². The third kappa shape index (κ3) is 3.00. The number of hydrogen-bond donors (Lipinski definition) is 2. The highest BCUT2D eigenvalue weighted by molar-refractivity contribution is 5.45. The summed E-state index contributed by atoms with van der Waals surface area (Å²) < 4.78 is 0. The quantitative estimate of drug-likeness (QED) is 0.853. The van der Waals surface area contributed by atoms with Crippen molar-refractivity contribution in [1.82, 2.24) is 10.3 Å². The first kappa shape index (κ1) is 13.3. The van der Waals surface area contributed by atoms with Gasteiger partial charge in [-0.2, -0.15) is 0 Å². The molecule has 0 amide bonds. The van der Waals surface area contributed by atoms with Gasteiger partial charge in [-0.05, 0) is 38.4 Å². The van der Waals surface area contributed by atoms with Crippen molar-refractivity contribution in [1.29, 1.82) is 0 Å². The number of pyridine rings is 1. The average Bonchev–Trinajstić information content (AvgIpc) is 2.42. The zero-order valence-electron chi connectivity index (χ0n) is 11.3. The Labute approximate surface area is 109 Å². The first-order valence-corrected chi connectivity index (χ1v) is 6.80. The average molecular weight is 249 g/mol. The van der Waals surface area contributed by atoms with E-state index in [0.717, 1.165) is 43.7 Å². The van der Waals surface area contributed by atoms with Crippen LogP contribution in [0, 0.1) is 0 Å². The Morgan fingerprint density at radius 2 is 2.17 bits per heavy atom. The van der Waals surface area contributed by atoms with E-state index in [1.54, 1.807) is 0 Å². The molecule has 4 heteroatoms. The van der Waals surface area contributed by atoms with Crippen LogP contribution in [0.4, 0.5) is 5.69 Å². The van der Waals surface area contributed by atoms with E-state index >= 15 is 0 Å². The van der Waals surface area contributed by atoms with Crippen molar-refractivity contribution in [3.63, 3.8) is 0 Å². The molecule has 0 radical (unpaired) electrons. The molecule has 100 valence electrons. The monoisotopic (exact) mass is 249 g/mol. The fraction of sp³-hybridized carbons (Fsp3) is 0.643. The SMILES string of the molecule is CCC(NC)c1ccc(N2CCC(O)CC2)cn1. The van der Waals surface area contributed by atoms with Gasteiger partial charge in [0, 0.05) is 19.1 Å². The van der Waals surface area contributed by atoms with Gasteiger partial charge in [0.25, 0.3) is 0 Å². The van der Waals surface area contributed by atoms with Crippen LogP contribution >= 0.6 is 0 Å². The molecule has 2 heterocycles. The molecule has 0 bridgehead atoms. The summed E-state index contributed by atoms with van der Waals surface area (Å²) in [4.78, 5) is 6.84. The van der Waals surface area contributed by atoms with Crippen molar-refractivity contribution in [2.45, 2.75) is 38.3 Å². The van der Waals surface area contributed by atoms with Gasteiger partial charge in [-0.3, -0.25) is 4.98 Å². The van der Waals surface area contributed by atoms with Gasteiger partial charge in [-0.15, -0.1) is 0 Å². The molecule has 2 rings (SSSR count). The van der Waals surface area contributed by atoms with Gasteiger partial charge < -0.3 is 15.3 Å². The van der Waals surface area contributed by atoms with Gasteiger partial charge in [0.2, 0.25) is 0 Å². The number of aliphatic hydroxyl groups excluding tert-OH is 1. The van der Waals surface area contributed by atoms with Gasteiger partial charge in [0.15, 0.2) is 0 Å². The highest BCUT2D eigenvalue weighted by atomic mass is 16.3. The van der Waals surface area contributed by atoms with Gasteiger partial charge in [-0.1, -0.05) is 6.92 Å². The molecule has 1 aromatic rings. The Morgan fingerprint density at radius 1 is 1.44 bits per heavy atom. The molecule has 0 spiro atoms. The molecule has 0 aliphatic carbocycles. The van der Waals surface area contributed by atoms with Crippen LogP contribution in [0.1, 0.15) is 37.9 Å². The molecule has 4 nitrogen and oxygen atoms in total. The van der Waals surface area contributed by atoms with E-state index in [0.29, 0.717) is 6.04 Å². The second-order valence-electron chi connectivity index (χ2n) is 4.91. The van der Waals surface area contributed by atoms with Crippen LogP contribution in [0.3, 0.4) is 0 Å². The highest BCUT2D eigenvalue weighted by Gasteiger charge is 2.17. The van der Waals surface area contributed by atoms with Crippen LogP contribution < -0.4 is 10.2 Å². The normalized spacial score (nSPS) is 18.9. The summed E-state index contributed by atoms with van der Waals surface area (Å²) in [6, 6.07) is 4.58. The summed E-state index contributed by atoms with van der Waals surface area (Å²) in [5.41, 5.74) is 2.26. The summed E-state index contributed by atoms with van der Waals surface area (Å²) in [5, 5.41) is 12.8. The lowest BCUT2D eigenvalue weighted by atomic mass is 10.1. The van der Waals surface area contributed by atoms with E-state index in [1.165, 1.54) is 0 Å². The number of aromatic nitrogens is 1. The lowest BCUT2D eigenvalue weighted by molar-refractivity contribution is 0.145. The number of nitrogens with zero attached hydrogens (tertiary/aromatic N) is 2. The Hall–Kier alpha value is -1.13. The highest BCUT2D eigenvalue weighted by Crippen LogP contribution is 2.21. The zero-order chi connectivity index (χ0) is 13.0. The number of piperidine rings is 1. The second-order valence-corrected chi connectivity index (χ2v) is 4.91. The van der Waals surface area contributed by atoms with Crippen LogP contribution in [0.5, 0.6) is 0 Å². The first-order valence-electron chi connectivity index (χ1n) is 6.80. The minimum absolute atomic E-state index is 0.123. The van der Waals surface area contributed by atoms with Crippen LogP contribution in [0.2, 0.25) is 0 Å². The molecule has 1 aliphatic rings. The lowest BCUT2D eigenvalue weighted by Crippen LogP contribution is -2.35. The number of nitrogens with one attached hydrogen (secondary N) is 1. The zero-order valence-corrected chi connectivity index (χ0v) is 11.3. The maximum Gasteiger partial charge on any atom is 0.0574 e. The molecule has 2 N–H and O–H groups in total. The van der Waals surface area contributed by atoms with Gasteiger partial charge in [-0.25, -0.2) is 0 Å². The van der Waals surface area contributed by atoms with Crippen LogP contribution in [-0.4, -0.2) is 36.3 Å². The first-order chi connectivity index (χ1) is 8.74. The van der Waals surface area contributed by atoms with Crippen molar-refractivity contribution in [2.24, 2.45) is 0 Å². The Kier molecular flexibility index (Phi) is 4.55. The summed E-state index contributed by atoms with van der Waals surface area (Å²) in [7, 11) is 1.97. The van der Waals surface area contributed by atoms with E-state index in [9.17, 15) is 5.11 Å². The minimum atomic E-state index is -0.123.